The Hall–Kier alpha value is -1.50. The fraction of sp³-hybridized carbons (Fsp3) is 0.400. The number of hydrogen-bond donors (Lipinski definition) is 2. The van der Waals surface area contributed by atoms with E-state index in [2.05, 4.69) is 15.0 Å². The van der Waals surface area contributed by atoms with Crippen LogP contribution in [0.3, 0.4) is 0 Å². The summed E-state index contributed by atoms with van der Waals surface area (Å²) in [7, 11) is -3.49. The Balaban J connectivity index is 1.83. The highest BCUT2D eigenvalue weighted by Crippen LogP contribution is 2.22. The molecule has 112 valence electrons. The van der Waals surface area contributed by atoms with Gasteiger partial charge in [-0.05, 0) is 44.0 Å². The van der Waals surface area contributed by atoms with Gasteiger partial charge in [-0.25, -0.2) is 13.1 Å². The number of hydrogen-bond acceptors (Lipinski definition) is 4. The fourth-order valence-electron chi connectivity index (χ4n) is 2.73. The number of aromatic nitrogens is 1. The summed E-state index contributed by atoms with van der Waals surface area (Å²) in [5.41, 5.74) is 0. The van der Waals surface area contributed by atoms with Gasteiger partial charge in [0.15, 0.2) is 0 Å². The quantitative estimate of drug-likeness (QED) is 0.898. The highest BCUT2D eigenvalue weighted by atomic mass is 32.2. The van der Waals surface area contributed by atoms with Gasteiger partial charge in [0.25, 0.3) is 0 Å². The molecule has 2 heterocycles. The largest absolute Gasteiger partial charge is 0.316 e. The van der Waals surface area contributed by atoms with Crippen LogP contribution in [-0.4, -0.2) is 33.0 Å². The summed E-state index contributed by atoms with van der Waals surface area (Å²) in [5.74, 6) is 0.366. The fourth-order valence-corrected chi connectivity index (χ4v) is 4.07. The van der Waals surface area contributed by atoms with Crippen LogP contribution in [0.2, 0.25) is 0 Å². The van der Waals surface area contributed by atoms with Crippen molar-refractivity contribution in [2.45, 2.75) is 17.7 Å². The first-order chi connectivity index (χ1) is 10.2. The van der Waals surface area contributed by atoms with Gasteiger partial charge in [-0.15, -0.1) is 0 Å². The third kappa shape index (κ3) is 3.23. The van der Waals surface area contributed by atoms with Crippen LogP contribution in [0.4, 0.5) is 0 Å². The predicted octanol–water partition coefficient (Wildman–Crippen LogP) is 1.51. The van der Waals surface area contributed by atoms with Crippen molar-refractivity contribution in [3.63, 3.8) is 0 Å². The normalized spacial score (nSPS) is 19.7. The van der Waals surface area contributed by atoms with Crippen LogP contribution in [0, 0.1) is 5.92 Å². The predicted molar refractivity (Wildman–Crippen MR) is 82.5 cm³/mol. The molecule has 2 aromatic rings. The van der Waals surface area contributed by atoms with Gasteiger partial charge in [0, 0.05) is 29.7 Å². The van der Waals surface area contributed by atoms with Crippen molar-refractivity contribution in [1.29, 1.82) is 0 Å². The van der Waals surface area contributed by atoms with Crippen molar-refractivity contribution >= 4 is 20.8 Å². The Morgan fingerprint density at radius 3 is 3.05 bits per heavy atom. The van der Waals surface area contributed by atoms with Gasteiger partial charge in [-0.1, -0.05) is 12.1 Å². The summed E-state index contributed by atoms with van der Waals surface area (Å²) in [6, 6.07) is 7.00. The molecule has 21 heavy (non-hydrogen) atoms. The van der Waals surface area contributed by atoms with E-state index in [1.54, 1.807) is 30.6 Å². The summed E-state index contributed by atoms with van der Waals surface area (Å²) in [4.78, 5) is 4.36. The van der Waals surface area contributed by atoms with Gasteiger partial charge in [0.1, 0.15) is 0 Å². The number of rotatable bonds is 4. The first kappa shape index (κ1) is 14.4. The van der Waals surface area contributed by atoms with Crippen LogP contribution < -0.4 is 10.0 Å². The van der Waals surface area contributed by atoms with Crippen LogP contribution in [-0.2, 0) is 10.0 Å². The lowest BCUT2D eigenvalue weighted by Crippen LogP contribution is -2.38. The third-order valence-corrected chi connectivity index (χ3v) is 5.37. The van der Waals surface area contributed by atoms with Crippen molar-refractivity contribution < 1.29 is 8.42 Å². The van der Waals surface area contributed by atoms with Crippen molar-refractivity contribution in [3.05, 3.63) is 36.7 Å². The topological polar surface area (TPSA) is 71.1 Å². The van der Waals surface area contributed by atoms with Crippen molar-refractivity contribution in [2.75, 3.05) is 19.6 Å². The molecule has 6 heteroatoms. The lowest BCUT2D eigenvalue weighted by Gasteiger charge is -2.23. The van der Waals surface area contributed by atoms with Gasteiger partial charge in [-0.3, -0.25) is 4.98 Å². The monoisotopic (exact) mass is 305 g/mol. The van der Waals surface area contributed by atoms with Crippen LogP contribution in [0.5, 0.6) is 0 Å². The molecule has 0 spiro atoms. The zero-order valence-corrected chi connectivity index (χ0v) is 12.6. The molecule has 1 aromatic heterocycles. The lowest BCUT2D eigenvalue weighted by molar-refractivity contribution is 0.376. The summed E-state index contributed by atoms with van der Waals surface area (Å²) < 4.78 is 27.8. The molecule has 5 nitrogen and oxygen atoms in total. The summed E-state index contributed by atoms with van der Waals surface area (Å²) in [6.45, 7) is 2.39. The summed E-state index contributed by atoms with van der Waals surface area (Å²) in [6.07, 6.45) is 5.47. The second kappa shape index (κ2) is 6.09. The van der Waals surface area contributed by atoms with E-state index in [1.807, 2.05) is 6.07 Å². The van der Waals surface area contributed by atoms with E-state index in [0.717, 1.165) is 31.3 Å². The Kier molecular flexibility index (Phi) is 4.19. The maximum Gasteiger partial charge on any atom is 0.241 e. The highest BCUT2D eigenvalue weighted by Gasteiger charge is 2.20. The average molecular weight is 305 g/mol. The molecular formula is C15H19N3O2S. The lowest BCUT2D eigenvalue weighted by atomic mass is 10.0. The number of nitrogens with one attached hydrogen (secondary N) is 2. The van der Waals surface area contributed by atoms with E-state index >= 15 is 0 Å². The van der Waals surface area contributed by atoms with Crippen molar-refractivity contribution in [1.82, 2.24) is 15.0 Å². The number of benzene rings is 1. The van der Waals surface area contributed by atoms with E-state index in [4.69, 9.17) is 0 Å². The van der Waals surface area contributed by atoms with Gasteiger partial charge < -0.3 is 5.32 Å². The molecule has 0 saturated carbocycles. The Labute approximate surface area is 124 Å². The van der Waals surface area contributed by atoms with Gasteiger partial charge in [-0.2, -0.15) is 0 Å². The van der Waals surface area contributed by atoms with E-state index in [0.29, 0.717) is 22.7 Å². The van der Waals surface area contributed by atoms with Gasteiger partial charge >= 0.3 is 0 Å². The number of pyridine rings is 1. The van der Waals surface area contributed by atoms with E-state index < -0.39 is 10.0 Å². The van der Waals surface area contributed by atoms with Crippen LogP contribution in [0.25, 0.3) is 10.8 Å². The molecule has 0 radical (unpaired) electrons. The number of piperidine rings is 1. The Bertz CT molecular complexity index is 719. The molecule has 2 N–H and O–H groups in total. The molecule has 0 amide bonds. The standard InChI is InChI=1S/C15H19N3O2S/c19-21(20,18-10-12-3-2-7-16-9-12)15-5-1-4-13-11-17-8-6-14(13)15/h1,4-6,8,11-12,16,18H,2-3,7,9-10H2/t12-/m0/s1. The molecule has 1 fully saturated rings. The SMILES string of the molecule is O=S(=O)(NC[C@H]1CCCNC1)c1cccc2cnccc12. The number of sulfonamides is 1. The van der Waals surface area contributed by atoms with Crippen LogP contribution in [0.1, 0.15) is 12.8 Å². The molecule has 0 unspecified atom stereocenters. The first-order valence-corrected chi connectivity index (χ1v) is 8.68. The molecule has 3 rings (SSSR count). The molecule has 0 aliphatic carbocycles. The van der Waals surface area contributed by atoms with E-state index in [-0.39, 0.29) is 0 Å². The molecule has 1 aliphatic heterocycles. The molecule has 1 saturated heterocycles. The zero-order valence-electron chi connectivity index (χ0n) is 11.7. The van der Waals surface area contributed by atoms with E-state index in [1.165, 1.54) is 0 Å². The van der Waals surface area contributed by atoms with Gasteiger partial charge in [0.2, 0.25) is 10.0 Å². The number of fused-ring (bicyclic) bond motifs is 1. The smallest absolute Gasteiger partial charge is 0.241 e. The molecule has 1 atom stereocenters. The van der Waals surface area contributed by atoms with Crippen molar-refractivity contribution in [2.24, 2.45) is 5.92 Å². The second-order valence-electron chi connectivity index (χ2n) is 5.42. The first-order valence-electron chi connectivity index (χ1n) is 7.20. The minimum atomic E-state index is -3.49. The third-order valence-electron chi connectivity index (χ3n) is 3.89. The summed E-state index contributed by atoms with van der Waals surface area (Å²) >= 11 is 0. The van der Waals surface area contributed by atoms with E-state index in [9.17, 15) is 8.42 Å². The average Bonchev–Trinajstić information content (AvgIpc) is 2.53. The second-order valence-corrected chi connectivity index (χ2v) is 7.15. The molecule has 1 aliphatic rings. The highest BCUT2D eigenvalue weighted by molar-refractivity contribution is 7.89. The zero-order chi connectivity index (χ0) is 14.7. The minimum Gasteiger partial charge on any atom is -0.316 e. The van der Waals surface area contributed by atoms with Gasteiger partial charge in [0.05, 0.1) is 4.90 Å². The van der Waals surface area contributed by atoms with Crippen LogP contribution >= 0.6 is 0 Å². The Morgan fingerprint density at radius 1 is 1.33 bits per heavy atom. The summed E-state index contributed by atoms with van der Waals surface area (Å²) in [5, 5.41) is 4.84. The minimum absolute atomic E-state index is 0.325. The Morgan fingerprint density at radius 2 is 2.24 bits per heavy atom. The van der Waals surface area contributed by atoms with Crippen molar-refractivity contribution in [3.8, 4) is 0 Å². The maximum absolute atomic E-state index is 12.5. The molecular weight excluding hydrogens is 286 g/mol. The molecule has 1 aromatic carbocycles. The molecule has 0 bridgehead atoms. The number of nitrogens with zero attached hydrogens (tertiary/aromatic N) is 1. The van der Waals surface area contributed by atoms with Crippen LogP contribution in [0.15, 0.2) is 41.6 Å². The maximum atomic E-state index is 12.5.